The Morgan fingerprint density at radius 2 is 1.83 bits per heavy atom. The lowest BCUT2D eigenvalue weighted by Crippen LogP contribution is -2.27. The Bertz CT molecular complexity index is 639. The summed E-state index contributed by atoms with van der Waals surface area (Å²) in [4.78, 5) is 0. The van der Waals surface area contributed by atoms with E-state index in [2.05, 4.69) is 0 Å². The molecule has 4 nitrogen and oxygen atoms in total. The van der Waals surface area contributed by atoms with Gasteiger partial charge in [-0.05, 0) is 42.0 Å². The van der Waals surface area contributed by atoms with E-state index in [0.717, 1.165) is 48.7 Å². The van der Waals surface area contributed by atoms with E-state index in [4.69, 9.17) is 19.9 Å². The topological polar surface area (TPSA) is 53.7 Å². The minimum atomic E-state index is -0.00104. The van der Waals surface area contributed by atoms with Crippen LogP contribution in [0.1, 0.15) is 30.0 Å². The fourth-order valence-corrected chi connectivity index (χ4v) is 3.10. The van der Waals surface area contributed by atoms with E-state index in [1.807, 2.05) is 48.5 Å². The summed E-state index contributed by atoms with van der Waals surface area (Å²) >= 11 is 0. The number of methoxy groups -OCH3 is 1. The normalized spacial score (nSPS) is 16.6. The van der Waals surface area contributed by atoms with Gasteiger partial charge in [0.1, 0.15) is 6.61 Å². The molecule has 1 fully saturated rings. The molecule has 0 aliphatic carbocycles. The van der Waals surface area contributed by atoms with Gasteiger partial charge in [-0.15, -0.1) is 0 Å². The van der Waals surface area contributed by atoms with Gasteiger partial charge in [-0.2, -0.15) is 0 Å². The number of hydrogen-bond donors (Lipinski definition) is 1. The van der Waals surface area contributed by atoms with Crippen LogP contribution in [0.25, 0.3) is 0 Å². The van der Waals surface area contributed by atoms with Crippen molar-refractivity contribution >= 4 is 0 Å². The highest BCUT2D eigenvalue weighted by atomic mass is 16.5. The Morgan fingerprint density at radius 3 is 2.54 bits per heavy atom. The Kier molecular flexibility index (Phi) is 5.72. The van der Waals surface area contributed by atoms with Gasteiger partial charge in [0.05, 0.1) is 7.11 Å². The minimum Gasteiger partial charge on any atom is -0.493 e. The Labute approximate surface area is 143 Å². The molecular formula is C20H25NO3. The maximum Gasteiger partial charge on any atom is 0.161 e. The Balaban J connectivity index is 1.74. The zero-order valence-electron chi connectivity index (χ0n) is 14.1. The highest BCUT2D eigenvalue weighted by Gasteiger charge is 2.23. The van der Waals surface area contributed by atoms with Gasteiger partial charge < -0.3 is 19.9 Å². The van der Waals surface area contributed by atoms with Gasteiger partial charge in [0.25, 0.3) is 0 Å². The van der Waals surface area contributed by atoms with Gasteiger partial charge in [0.15, 0.2) is 11.5 Å². The molecule has 4 heteroatoms. The molecule has 2 N–H and O–H groups in total. The first-order chi connectivity index (χ1) is 11.8. The fraction of sp³-hybridized carbons (Fsp3) is 0.400. The minimum absolute atomic E-state index is 0.00104. The monoisotopic (exact) mass is 327 g/mol. The van der Waals surface area contributed by atoms with E-state index in [1.165, 1.54) is 0 Å². The van der Waals surface area contributed by atoms with E-state index in [-0.39, 0.29) is 6.04 Å². The van der Waals surface area contributed by atoms with Crippen molar-refractivity contribution in [2.24, 2.45) is 11.7 Å². The summed E-state index contributed by atoms with van der Waals surface area (Å²) in [6, 6.07) is 16.1. The first kappa shape index (κ1) is 16.8. The molecular weight excluding hydrogens is 302 g/mol. The summed E-state index contributed by atoms with van der Waals surface area (Å²) in [5.41, 5.74) is 8.70. The van der Waals surface area contributed by atoms with Gasteiger partial charge in [-0.3, -0.25) is 0 Å². The summed E-state index contributed by atoms with van der Waals surface area (Å²) in [6.45, 7) is 2.10. The molecule has 1 saturated heterocycles. The lowest BCUT2D eigenvalue weighted by Gasteiger charge is -2.28. The molecule has 0 amide bonds. The number of hydrogen-bond acceptors (Lipinski definition) is 4. The molecule has 2 aromatic rings. The molecule has 0 unspecified atom stereocenters. The van der Waals surface area contributed by atoms with Crippen molar-refractivity contribution in [1.82, 2.24) is 0 Å². The van der Waals surface area contributed by atoms with Crippen molar-refractivity contribution in [3.63, 3.8) is 0 Å². The van der Waals surface area contributed by atoms with Gasteiger partial charge in [-0.1, -0.05) is 36.4 Å². The van der Waals surface area contributed by atoms with Gasteiger partial charge in [-0.25, -0.2) is 0 Å². The van der Waals surface area contributed by atoms with Crippen LogP contribution < -0.4 is 15.2 Å². The summed E-state index contributed by atoms with van der Waals surface area (Å²) in [7, 11) is 1.66. The third-order valence-corrected chi connectivity index (χ3v) is 4.58. The largest absolute Gasteiger partial charge is 0.493 e. The van der Waals surface area contributed by atoms with E-state index in [0.29, 0.717) is 12.5 Å². The second kappa shape index (κ2) is 8.18. The van der Waals surface area contributed by atoms with Gasteiger partial charge >= 0.3 is 0 Å². The van der Waals surface area contributed by atoms with Crippen LogP contribution in [-0.2, 0) is 11.3 Å². The molecule has 0 aromatic heterocycles. The van der Waals surface area contributed by atoms with Crippen LogP contribution in [0.15, 0.2) is 48.5 Å². The van der Waals surface area contributed by atoms with Gasteiger partial charge in [0, 0.05) is 19.3 Å². The molecule has 0 radical (unpaired) electrons. The fourth-order valence-electron chi connectivity index (χ4n) is 3.10. The van der Waals surface area contributed by atoms with Crippen LogP contribution in [0.2, 0.25) is 0 Å². The first-order valence-corrected chi connectivity index (χ1v) is 8.46. The lowest BCUT2D eigenvalue weighted by atomic mass is 9.87. The van der Waals surface area contributed by atoms with Crippen LogP contribution in [0.4, 0.5) is 0 Å². The number of rotatable bonds is 6. The third kappa shape index (κ3) is 4.08. The highest BCUT2D eigenvalue weighted by molar-refractivity contribution is 5.44. The second-order valence-electron chi connectivity index (χ2n) is 6.16. The molecule has 1 heterocycles. The van der Waals surface area contributed by atoms with Crippen LogP contribution >= 0.6 is 0 Å². The molecule has 128 valence electrons. The van der Waals surface area contributed by atoms with E-state index < -0.39 is 0 Å². The van der Waals surface area contributed by atoms with Crippen LogP contribution in [0.5, 0.6) is 11.5 Å². The molecule has 1 aliphatic heterocycles. The van der Waals surface area contributed by atoms with Crippen molar-refractivity contribution in [3.8, 4) is 11.5 Å². The number of nitrogens with two attached hydrogens (primary N) is 1. The Hall–Kier alpha value is -2.04. The third-order valence-electron chi connectivity index (χ3n) is 4.58. The van der Waals surface area contributed by atoms with E-state index in [1.54, 1.807) is 7.11 Å². The maximum absolute atomic E-state index is 6.49. The van der Waals surface area contributed by atoms with Crippen molar-refractivity contribution in [2.45, 2.75) is 25.5 Å². The average Bonchev–Trinajstić information content (AvgIpc) is 2.67. The smallest absolute Gasteiger partial charge is 0.161 e. The van der Waals surface area contributed by atoms with E-state index >= 15 is 0 Å². The quantitative estimate of drug-likeness (QED) is 0.879. The molecule has 3 rings (SSSR count). The van der Waals surface area contributed by atoms with Crippen molar-refractivity contribution in [2.75, 3.05) is 20.3 Å². The van der Waals surface area contributed by atoms with Gasteiger partial charge in [0.2, 0.25) is 0 Å². The SMILES string of the molecule is COc1ccc([C@@H](N)C2CCOCC2)cc1OCc1ccccc1. The predicted octanol–water partition coefficient (Wildman–Crippen LogP) is 3.70. The Morgan fingerprint density at radius 1 is 1.08 bits per heavy atom. The number of benzene rings is 2. The van der Waals surface area contributed by atoms with Crippen LogP contribution in [0, 0.1) is 5.92 Å². The summed E-state index contributed by atoms with van der Waals surface area (Å²) in [6.07, 6.45) is 2.01. The van der Waals surface area contributed by atoms with Crippen molar-refractivity contribution in [1.29, 1.82) is 0 Å². The van der Waals surface area contributed by atoms with E-state index in [9.17, 15) is 0 Å². The lowest BCUT2D eigenvalue weighted by molar-refractivity contribution is 0.0583. The molecule has 1 aliphatic rings. The molecule has 1 atom stereocenters. The predicted molar refractivity (Wildman–Crippen MR) is 94.2 cm³/mol. The second-order valence-corrected chi connectivity index (χ2v) is 6.16. The average molecular weight is 327 g/mol. The molecule has 0 saturated carbocycles. The molecule has 2 aromatic carbocycles. The van der Waals surface area contributed by atoms with Crippen molar-refractivity contribution in [3.05, 3.63) is 59.7 Å². The molecule has 0 bridgehead atoms. The highest BCUT2D eigenvalue weighted by Crippen LogP contribution is 2.34. The first-order valence-electron chi connectivity index (χ1n) is 8.46. The summed E-state index contributed by atoms with van der Waals surface area (Å²) < 4.78 is 16.8. The summed E-state index contributed by atoms with van der Waals surface area (Å²) in [5.74, 6) is 1.92. The van der Waals surface area contributed by atoms with Crippen LogP contribution in [-0.4, -0.2) is 20.3 Å². The zero-order valence-corrected chi connectivity index (χ0v) is 14.1. The number of ether oxygens (including phenoxy) is 3. The maximum atomic E-state index is 6.49. The molecule has 24 heavy (non-hydrogen) atoms. The standard InChI is InChI=1S/C20H25NO3/c1-22-18-8-7-17(20(21)16-9-11-23-12-10-16)13-19(18)24-14-15-5-3-2-4-6-15/h2-8,13,16,20H,9-12,14,21H2,1H3/t20-/m0/s1. The molecule has 0 spiro atoms. The van der Waals surface area contributed by atoms with Crippen LogP contribution in [0.3, 0.4) is 0 Å². The summed E-state index contributed by atoms with van der Waals surface area (Å²) in [5, 5.41) is 0. The van der Waals surface area contributed by atoms with Crippen molar-refractivity contribution < 1.29 is 14.2 Å². The zero-order chi connectivity index (χ0) is 16.8.